The highest BCUT2D eigenvalue weighted by molar-refractivity contribution is 7.87. The van der Waals surface area contributed by atoms with Crippen LogP contribution >= 0.6 is 0 Å². The van der Waals surface area contributed by atoms with Crippen LogP contribution in [-0.4, -0.2) is 23.4 Å². The molecule has 4 N–H and O–H groups in total. The van der Waals surface area contributed by atoms with Gasteiger partial charge in [-0.2, -0.15) is 8.42 Å². The van der Waals surface area contributed by atoms with E-state index in [0.29, 0.717) is 5.56 Å². The fourth-order valence-corrected chi connectivity index (χ4v) is 1.05. The molecule has 0 aliphatic heterocycles. The number of hydrogen-bond acceptors (Lipinski definition) is 4. The standard InChI is InChI=1S/C7H7NO.H2O5S2/c8-7(9)6-4-2-1-3-5-6;1-6(2)5-7(3)4/h1-5H,(H2,8,9);(H,1,2)(H,3,4). The molecule has 16 heavy (non-hydrogen) atoms. The molecule has 90 valence electrons. The molecule has 0 radical (unpaired) electrons. The highest BCUT2D eigenvalue weighted by Gasteiger charge is 1.96. The Kier molecular flexibility index (Phi) is 7.50. The molecule has 0 saturated carbocycles. The summed E-state index contributed by atoms with van der Waals surface area (Å²) in [5.41, 5.74) is 5.53. The molecule has 9 heteroatoms. The van der Waals surface area contributed by atoms with Crippen LogP contribution < -0.4 is 5.73 Å². The van der Waals surface area contributed by atoms with Crippen molar-refractivity contribution in [2.45, 2.75) is 0 Å². The first-order valence-electron chi connectivity index (χ1n) is 3.69. The number of rotatable bonds is 3. The van der Waals surface area contributed by atoms with Gasteiger partial charge >= 0.3 is 22.7 Å². The molecule has 7 nitrogen and oxygen atoms in total. The highest BCUT2D eigenvalue weighted by atomic mass is 32.3. The van der Waals surface area contributed by atoms with E-state index in [-0.39, 0.29) is 5.91 Å². The lowest BCUT2D eigenvalue weighted by Gasteiger charge is -1.89. The summed E-state index contributed by atoms with van der Waals surface area (Å²) < 4.78 is 37.2. The van der Waals surface area contributed by atoms with Gasteiger partial charge in [0.05, 0.1) is 0 Å². The lowest BCUT2D eigenvalue weighted by atomic mass is 10.2. The Labute approximate surface area is 96.6 Å². The lowest BCUT2D eigenvalue weighted by Crippen LogP contribution is -2.09. The van der Waals surface area contributed by atoms with Gasteiger partial charge in [-0.15, -0.1) is 3.63 Å². The Morgan fingerprint density at radius 3 is 1.75 bits per heavy atom. The van der Waals surface area contributed by atoms with Crippen molar-refractivity contribution >= 4 is 28.6 Å². The quantitative estimate of drug-likeness (QED) is 0.665. The number of amides is 1. The predicted molar refractivity (Wildman–Crippen MR) is 57.6 cm³/mol. The minimum atomic E-state index is -2.65. The number of nitrogens with two attached hydrogens (primary N) is 1. The summed E-state index contributed by atoms with van der Waals surface area (Å²) in [6.07, 6.45) is 0. The van der Waals surface area contributed by atoms with Crippen molar-refractivity contribution < 1.29 is 25.9 Å². The maximum atomic E-state index is 10.4. The summed E-state index contributed by atoms with van der Waals surface area (Å²) in [6.45, 7) is 0. The Bertz CT molecular complexity index is 370. The van der Waals surface area contributed by atoms with Gasteiger partial charge in [-0.1, -0.05) is 18.2 Å². The SMILES string of the molecule is NC(=O)c1ccccc1.O=S(O)OS(=O)O. The van der Waals surface area contributed by atoms with Crippen molar-refractivity contribution in [1.82, 2.24) is 0 Å². The molecule has 0 unspecified atom stereocenters. The molecule has 0 spiro atoms. The zero-order chi connectivity index (χ0) is 12.6. The van der Waals surface area contributed by atoms with Crippen LogP contribution in [-0.2, 0) is 26.4 Å². The molecule has 0 saturated heterocycles. The summed E-state index contributed by atoms with van der Waals surface area (Å²) in [5, 5.41) is 0. The Balaban J connectivity index is 0.000000293. The topological polar surface area (TPSA) is 127 Å². The van der Waals surface area contributed by atoms with Crippen LogP contribution in [0.2, 0.25) is 0 Å². The number of hydrogen-bond donors (Lipinski definition) is 3. The van der Waals surface area contributed by atoms with Gasteiger partial charge in [0.2, 0.25) is 5.91 Å². The lowest BCUT2D eigenvalue weighted by molar-refractivity contribution is 0.1000. The van der Waals surface area contributed by atoms with Crippen LogP contribution in [0.15, 0.2) is 30.3 Å². The van der Waals surface area contributed by atoms with Crippen LogP contribution in [0, 0.1) is 0 Å². The van der Waals surface area contributed by atoms with Crippen LogP contribution in [0.4, 0.5) is 0 Å². The average molecular weight is 267 g/mol. The number of benzene rings is 1. The average Bonchev–Trinajstić information content (AvgIpc) is 2.17. The summed E-state index contributed by atoms with van der Waals surface area (Å²) in [6, 6.07) is 8.76. The largest absolute Gasteiger partial charge is 0.366 e. The van der Waals surface area contributed by atoms with Gasteiger partial charge in [0.1, 0.15) is 0 Å². The summed E-state index contributed by atoms with van der Waals surface area (Å²) in [4.78, 5) is 10.4. The summed E-state index contributed by atoms with van der Waals surface area (Å²) in [7, 11) is 0. The molecule has 0 aliphatic rings. The van der Waals surface area contributed by atoms with E-state index >= 15 is 0 Å². The van der Waals surface area contributed by atoms with Crippen molar-refractivity contribution in [2.24, 2.45) is 5.73 Å². The Hall–Kier alpha value is -1.13. The second kappa shape index (κ2) is 8.07. The third-order valence-electron chi connectivity index (χ3n) is 1.17. The van der Waals surface area contributed by atoms with Crippen LogP contribution in [0.1, 0.15) is 10.4 Å². The van der Waals surface area contributed by atoms with Crippen molar-refractivity contribution in [3.63, 3.8) is 0 Å². The maximum absolute atomic E-state index is 10.4. The number of carbonyl (C=O) groups is 1. The van der Waals surface area contributed by atoms with Crippen LogP contribution in [0.3, 0.4) is 0 Å². The predicted octanol–water partition coefficient (Wildman–Crippen LogP) is 0.0619. The second-order valence-corrected chi connectivity index (χ2v) is 3.65. The molecule has 0 aromatic heterocycles. The highest BCUT2D eigenvalue weighted by Crippen LogP contribution is 1.94. The van der Waals surface area contributed by atoms with E-state index in [1.807, 2.05) is 6.07 Å². The van der Waals surface area contributed by atoms with Gasteiger partial charge in [0.15, 0.2) is 0 Å². The minimum absolute atomic E-state index is 0.379. The summed E-state index contributed by atoms with van der Waals surface area (Å²) >= 11 is -5.29. The fraction of sp³-hybridized carbons (Fsp3) is 0. The van der Waals surface area contributed by atoms with Crippen molar-refractivity contribution in [1.29, 1.82) is 0 Å². The van der Waals surface area contributed by atoms with Gasteiger partial charge in [-0.25, -0.2) is 0 Å². The zero-order valence-electron chi connectivity index (χ0n) is 7.81. The first-order valence-corrected chi connectivity index (χ1v) is 5.75. The normalized spacial score (nSPS) is 13.1. The van der Waals surface area contributed by atoms with E-state index in [4.69, 9.17) is 14.8 Å². The maximum Gasteiger partial charge on any atom is 0.317 e. The van der Waals surface area contributed by atoms with E-state index in [9.17, 15) is 13.2 Å². The molecule has 0 atom stereocenters. The molecule has 1 aromatic rings. The monoisotopic (exact) mass is 267 g/mol. The molecule has 1 amide bonds. The molecule has 0 fully saturated rings. The minimum Gasteiger partial charge on any atom is -0.366 e. The third-order valence-corrected chi connectivity index (χ3v) is 2.11. The van der Waals surface area contributed by atoms with E-state index in [1.165, 1.54) is 0 Å². The van der Waals surface area contributed by atoms with Crippen LogP contribution in [0.5, 0.6) is 0 Å². The first-order chi connectivity index (χ1) is 7.43. The smallest absolute Gasteiger partial charge is 0.317 e. The molecule has 1 aromatic carbocycles. The molecule has 1 rings (SSSR count). The molecule has 0 heterocycles. The van der Waals surface area contributed by atoms with Gasteiger partial charge in [0.25, 0.3) is 0 Å². The van der Waals surface area contributed by atoms with E-state index in [2.05, 4.69) is 3.63 Å². The van der Waals surface area contributed by atoms with Gasteiger partial charge < -0.3 is 5.73 Å². The molecule has 0 aliphatic carbocycles. The van der Waals surface area contributed by atoms with Gasteiger partial charge in [-0.3, -0.25) is 13.9 Å². The van der Waals surface area contributed by atoms with Crippen LogP contribution in [0.25, 0.3) is 0 Å². The molecule has 0 bridgehead atoms. The Morgan fingerprint density at radius 2 is 1.56 bits per heavy atom. The van der Waals surface area contributed by atoms with Crippen molar-refractivity contribution in [2.75, 3.05) is 0 Å². The van der Waals surface area contributed by atoms with E-state index in [0.717, 1.165) is 0 Å². The number of primary amides is 1. The first kappa shape index (κ1) is 14.9. The van der Waals surface area contributed by atoms with Gasteiger partial charge in [-0.05, 0) is 12.1 Å². The summed E-state index contributed by atoms with van der Waals surface area (Å²) in [5.74, 6) is -0.379. The number of carbonyl (C=O) groups excluding carboxylic acids is 1. The van der Waals surface area contributed by atoms with E-state index < -0.39 is 22.7 Å². The molecular weight excluding hydrogens is 258 g/mol. The Morgan fingerprint density at radius 1 is 1.12 bits per heavy atom. The molecular formula is C7H9NO6S2. The van der Waals surface area contributed by atoms with Crippen molar-refractivity contribution in [3.8, 4) is 0 Å². The third kappa shape index (κ3) is 8.20. The zero-order valence-corrected chi connectivity index (χ0v) is 9.44. The van der Waals surface area contributed by atoms with E-state index in [1.54, 1.807) is 24.3 Å². The second-order valence-electron chi connectivity index (χ2n) is 2.23. The fourth-order valence-electron chi connectivity index (χ4n) is 0.652. The van der Waals surface area contributed by atoms with Crippen molar-refractivity contribution in [3.05, 3.63) is 35.9 Å². The van der Waals surface area contributed by atoms with Gasteiger partial charge in [0, 0.05) is 5.56 Å².